The lowest BCUT2D eigenvalue weighted by Gasteiger charge is -2.06. The van der Waals surface area contributed by atoms with Gasteiger partial charge in [0.1, 0.15) is 5.52 Å². The van der Waals surface area contributed by atoms with Crippen LogP contribution in [0, 0.1) is 13.8 Å². The summed E-state index contributed by atoms with van der Waals surface area (Å²) in [7, 11) is 0. The highest BCUT2D eigenvalue weighted by Gasteiger charge is 2.11. The number of fused-ring (bicyclic) bond motifs is 1. The molecule has 1 amide bonds. The van der Waals surface area contributed by atoms with E-state index in [0.29, 0.717) is 28.2 Å². The van der Waals surface area contributed by atoms with Crippen molar-refractivity contribution in [3.8, 4) is 0 Å². The quantitative estimate of drug-likeness (QED) is 0.659. The topological polar surface area (TPSA) is 72.2 Å². The van der Waals surface area contributed by atoms with Crippen LogP contribution in [-0.2, 0) is 11.2 Å². The first-order chi connectivity index (χ1) is 12.5. The molecule has 5 heteroatoms. The van der Waals surface area contributed by atoms with Crippen LogP contribution in [0.4, 0.5) is 5.69 Å². The van der Waals surface area contributed by atoms with Crippen molar-refractivity contribution in [2.24, 2.45) is 0 Å². The summed E-state index contributed by atoms with van der Waals surface area (Å²) < 4.78 is 5.55. The molecular weight excluding hydrogens is 328 g/mol. The molecule has 1 aromatic heterocycles. The molecule has 2 aromatic carbocycles. The average molecular weight is 350 g/mol. The SMILES string of the molecule is CCc1nc2cc(NC(=O)CCC(=O)c3ccc(C)c(C)c3)ccc2o1. The first-order valence-corrected chi connectivity index (χ1v) is 8.76. The Hall–Kier alpha value is -2.95. The van der Waals surface area contributed by atoms with Crippen molar-refractivity contribution in [2.45, 2.75) is 40.0 Å². The summed E-state index contributed by atoms with van der Waals surface area (Å²) in [6, 6.07) is 11.0. The third-order valence-electron chi connectivity index (χ3n) is 4.43. The fraction of sp³-hybridized carbons (Fsp3) is 0.286. The maximum Gasteiger partial charge on any atom is 0.224 e. The van der Waals surface area contributed by atoms with E-state index in [0.717, 1.165) is 17.5 Å². The van der Waals surface area contributed by atoms with Gasteiger partial charge in [0.15, 0.2) is 17.3 Å². The summed E-state index contributed by atoms with van der Waals surface area (Å²) in [5.41, 5.74) is 4.94. The highest BCUT2D eigenvalue weighted by Crippen LogP contribution is 2.20. The van der Waals surface area contributed by atoms with Gasteiger partial charge < -0.3 is 9.73 Å². The van der Waals surface area contributed by atoms with Gasteiger partial charge >= 0.3 is 0 Å². The Morgan fingerprint density at radius 1 is 1.04 bits per heavy atom. The van der Waals surface area contributed by atoms with Crippen LogP contribution in [0.5, 0.6) is 0 Å². The van der Waals surface area contributed by atoms with E-state index < -0.39 is 0 Å². The number of carbonyl (C=O) groups excluding carboxylic acids is 2. The van der Waals surface area contributed by atoms with Gasteiger partial charge in [-0.15, -0.1) is 0 Å². The Morgan fingerprint density at radius 3 is 2.58 bits per heavy atom. The van der Waals surface area contributed by atoms with Crippen LogP contribution < -0.4 is 5.32 Å². The van der Waals surface area contributed by atoms with Gasteiger partial charge in [0.2, 0.25) is 5.91 Å². The third-order valence-corrected chi connectivity index (χ3v) is 4.43. The van der Waals surface area contributed by atoms with Crippen molar-refractivity contribution in [3.05, 3.63) is 59.0 Å². The van der Waals surface area contributed by atoms with E-state index in [1.54, 1.807) is 18.2 Å². The first-order valence-electron chi connectivity index (χ1n) is 8.76. The van der Waals surface area contributed by atoms with Gasteiger partial charge in [-0.1, -0.05) is 19.1 Å². The zero-order valence-electron chi connectivity index (χ0n) is 15.3. The van der Waals surface area contributed by atoms with Crippen LogP contribution in [0.15, 0.2) is 40.8 Å². The number of anilines is 1. The molecule has 5 nitrogen and oxygen atoms in total. The summed E-state index contributed by atoms with van der Waals surface area (Å²) in [6.45, 7) is 5.95. The smallest absolute Gasteiger partial charge is 0.224 e. The van der Waals surface area contributed by atoms with Gasteiger partial charge in [-0.2, -0.15) is 0 Å². The van der Waals surface area contributed by atoms with Gasteiger partial charge in [0.25, 0.3) is 0 Å². The number of nitrogens with one attached hydrogen (secondary N) is 1. The summed E-state index contributed by atoms with van der Waals surface area (Å²) in [5.74, 6) is 0.450. The maximum absolute atomic E-state index is 12.3. The molecule has 0 radical (unpaired) electrons. The Balaban J connectivity index is 1.59. The van der Waals surface area contributed by atoms with Gasteiger partial charge in [-0.3, -0.25) is 9.59 Å². The largest absolute Gasteiger partial charge is 0.441 e. The molecule has 3 aromatic rings. The average Bonchev–Trinajstić information content (AvgIpc) is 3.04. The number of amides is 1. The first kappa shape index (κ1) is 17.9. The predicted molar refractivity (Wildman–Crippen MR) is 101 cm³/mol. The summed E-state index contributed by atoms with van der Waals surface area (Å²) in [5, 5.41) is 2.82. The molecule has 0 spiro atoms. The van der Waals surface area contributed by atoms with Crippen LogP contribution in [0.3, 0.4) is 0 Å². The van der Waals surface area contributed by atoms with Crippen molar-refractivity contribution in [2.75, 3.05) is 5.32 Å². The van der Waals surface area contributed by atoms with Crippen molar-refractivity contribution in [3.63, 3.8) is 0 Å². The number of Topliss-reactive ketones (excluding diaryl/α,β-unsaturated/α-hetero) is 1. The fourth-order valence-corrected chi connectivity index (χ4v) is 2.71. The number of ketones is 1. The fourth-order valence-electron chi connectivity index (χ4n) is 2.71. The van der Waals surface area contributed by atoms with Crippen LogP contribution in [-0.4, -0.2) is 16.7 Å². The van der Waals surface area contributed by atoms with E-state index in [1.807, 2.05) is 39.0 Å². The van der Waals surface area contributed by atoms with Gasteiger partial charge in [0, 0.05) is 30.5 Å². The zero-order chi connectivity index (χ0) is 18.7. The van der Waals surface area contributed by atoms with E-state index in [1.165, 1.54) is 0 Å². The molecular formula is C21H22N2O3. The highest BCUT2D eigenvalue weighted by molar-refractivity contribution is 6.00. The minimum atomic E-state index is -0.194. The Bertz CT molecular complexity index is 973. The molecule has 26 heavy (non-hydrogen) atoms. The summed E-state index contributed by atoms with van der Waals surface area (Å²) >= 11 is 0. The van der Waals surface area contributed by atoms with Gasteiger partial charge in [-0.05, 0) is 49.2 Å². The number of nitrogens with zero attached hydrogens (tertiary/aromatic N) is 1. The summed E-state index contributed by atoms with van der Waals surface area (Å²) in [6.07, 6.45) is 1.04. The van der Waals surface area contributed by atoms with Crippen LogP contribution in [0.25, 0.3) is 11.1 Å². The van der Waals surface area contributed by atoms with Crippen LogP contribution in [0.1, 0.15) is 47.1 Å². The number of carbonyl (C=O) groups is 2. The zero-order valence-corrected chi connectivity index (χ0v) is 15.3. The minimum absolute atomic E-state index is 0.0252. The second-order valence-electron chi connectivity index (χ2n) is 6.41. The van der Waals surface area contributed by atoms with E-state index in [9.17, 15) is 9.59 Å². The van der Waals surface area contributed by atoms with Gasteiger partial charge in [0.05, 0.1) is 0 Å². The predicted octanol–water partition coefficient (Wildman–Crippen LogP) is 4.61. The molecule has 0 unspecified atom stereocenters. The number of aromatic nitrogens is 1. The number of rotatable bonds is 6. The summed E-state index contributed by atoms with van der Waals surface area (Å²) in [4.78, 5) is 28.8. The van der Waals surface area contributed by atoms with Crippen molar-refractivity contribution in [1.29, 1.82) is 0 Å². The molecule has 0 aliphatic heterocycles. The van der Waals surface area contributed by atoms with Crippen LogP contribution in [0.2, 0.25) is 0 Å². The number of hydrogen-bond donors (Lipinski definition) is 1. The molecule has 0 aliphatic carbocycles. The maximum atomic E-state index is 12.3. The number of benzene rings is 2. The Kier molecular flexibility index (Phi) is 5.16. The normalized spacial score (nSPS) is 10.9. The monoisotopic (exact) mass is 350 g/mol. The van der Waals surface area contributed by atoms with E-state index in [-0.39, 0.29) is 24.5 Å². The second-order valence-corrected chi connectivity index (χ2v) is 6.41. The third kappa shape index (κ3) is 3.99. The minimum Gasteiger partial charge on any atom is -0.441 e. The molecule has 134 valence electrons. The number of hydrogen-bond acceptors (Lipinski definition) is 4. The molecule has 0 bridgehead atoms. The van der Waals surface area contributed by atoms with E-state index in [2.05, 4.69) is 10.3 Å². The molecule has 3 rings (SSSR count). The van der Waals surface area contributed by atoms with Crippen molar-refractivity contribution < 1.29 is 14.0 Å². The molecule has 0 atom stereocenters. The highest BCUT2D eigenvalue weighted by atomic mass is 16.3. The second kappa shape index (κ2) is 7.52. The lowest BCUT2D eigenvalue weighted by Crippen LogP contribution is -2.13. The Morgan fingerprint density at radius 2 is 1.85 bits per heavy atom. The standard InChI is InChI=1S/C21H22N2O3/c1-4-21-23-17-12-16(7-9-19(17)26-21)22-20(25)10-8-18(24)15-6-5-13(2)14(3)11-15/h5-7,9,11-12H,4,8,10H2,1-3H3,(H,22,25). The molecule has 0 fully saturated rings. The van der Waals surface area contributed by atoms with E-state index >= 15 is 0 Å². The van der Waals surface area contributed by atoms with Crippen molar-refractivity contribution >= 4 is 28.5 Å². The Labute approximate surface area is 152 Å². The lowest BCUT2D eigenvalue weighted by molar-refractivity contribution is -0.116. The number of oxazole rings is 1. The molecule has 0 saturated carbocycles. The molecule has 1 N–H and O–H groups in total. The lowest BCUT2D eigenvalue weighted by atomic mass is 10.0. The molecule has 0 aliphatic rings. The molecule has 1 heterocycles. The molecule has 0 saturated heterocycles. The van der Waals surface area contributed by atoms with E-state index in [4.69, 9.17) is 4.42 Å². The van der Waals surface area contributed by atoms with Crippen LogP contribution >= 0.6 is 0 Å². The number of aryl methyl sites for hydroxylation is 3. The van der Waals surface area contributed by atoms with Gasteiger partial charge in [-0.25, -0.2) is 4.98 Å². The van der Waals surface area contributed by atoms with Crippen molar-refractivity contribution in [1.82, 2.24) is 4.98 Å².